The predicted octanol–water partition coefficient (Wildman–Crippen LogP) is 2.71. The quantitative estimate of drug-likeness (QED) is 0.896. The van der Waals surface area contributed by atoms with Gasteiger partial charge in [0.1, 0.15) is 22.9 Å². The molecule has 3 heterocycles. The average molecular weight is 370 g/mol. The zero-order valence-corrected chi connectivity index (χ0v) is 15.5. The summed E-state index contributed by atoms with van der Waals surface area (Å²) in [5, 5.41) is 3.45. The van der Waals surface area contributed by atoms with Crippen LogP contribution in [0.2, 0.25) is 0 Å². The summed E-state index contributed by atoms with van der Waals surface area (Å²) >= 11 is 0. The van der Waals surface area contributed by atoms with Gasteiger partial charge in [-0.2, -0.15) is 0 Å². The maximum Gasteiger partial charge on any atom is 0.242 e. The first kappa shape index (κ1) is 17.9. The molecule has 1 amide bonds. The van der Waals surface area contributed by atoms with Crippen LogP contribution in [0, 0.1) is 5.82 Å². The van der Waals surface area contributed by atoms with Crippen LogP contribution in [-0.2, 0) is 4.79 Å². The van der Waals surface area contributed by atoms with E-state index in [0.29, 0.717) is 29.4 Å². The topological polar surface area (TPSA) is 67.3 Å². The minimum atomic E-state index is -0.501. The highest BCUT2D eigenvalue weighted by Gasteiger charge is 2.50. The molecule has 1 N–H and O–H groups in total. The summed E-state index contributed by atoms with van der Waals surface area (Å²) in [5.74, 6) is 0.975. The fourth-order valence-corrected chi connectivity index (χ4v) is 4.01. The standard InChI is InChI=1S/C20H23FN4O2/c1-3-27-13-4-5-15(21)14(12-13)16-7-10-22-18(23-16)17-6-8-20(24-17)9-11-25(2)19(20)26/h4-5,7,10,12,17,24H,3,6,8-9,11H2,1-2H3/t17?,20-/m1/s1. The van der Waals surface area contributed by atoms with Gasteiger partial charge in [-0.1, -0.05) is 0 Å². The van der Waals surface area contributed by atoms with E-state index in [0.717, 1.165) is 25.8 Å². The maximum atomic E-state index is 14.4. The number of nitrogens with one attached hydrogen (secondary N) is 1. The molecule has 4 rings (SSSR count). The minimum Gasteiger partial charge on any atom is -0.494 e. The Hall–Kier alpha value is -2.54. The molecule has 2 saturated heterocycles. The zero-order chi connectivity index (χ0) is 19.0. The molecule has 7 heteroatoms. The summed E-state index contributed by atoms with van der Waals surface area (Å²) in [4.78, 5) is 23.2. The van der Waals surface area contributed by atoms with E-state index >= 15 is 0 Å². The number of ether oxygens (including phenoxy) is 1. The maximum absolute atomic E-state index is 14.4. The van der Waals surface area contributed by atoms with Gasteiger partial charge in [-0.25, -0.2) is 14.4 Å². The zero-order valence-electron chi connectivity index (χ0n) is 15.5. The monoisotopic (exact) mass is 370 g/mol. The smallest absolute Gasteiger partial charge is 0.242 e. The molecule has 0 radical (unpaired) electrons. The molecule has 1 spiro atoms. The largest absolute Gasteiger partial charge is 0.494 e. The Morgan fingerprint density at radius 1 is 1.37 bits per heavy atom. The number of carbonyl (C=O) groups excluding carboxylic acids is 1. The molecule has 0 bridgehead atoms. The van der Waals surface area contributed by atoms with Crippen LogP contribution in [0.5, 0.6) is 5.75 Å². The molecule has 2 aliphatic rings. The van der Waals surface area contributed by atoms with Crippen LogP contribution in [0.1, 0.15) is 38.1 Å². The Bertz CT molecular complexity index is 875. The Morgan fingerprint density at radius 3 is 2.96 bits per heavy atom. The highest BCUT2D eigenvalue weighted by atomic mass is 19.1. The summed E-state index contributed by atoms with van der Waals surface area (Å²) in [7, 11) is 1.83. The van der Waals surface area contributed by atoms with Crippen molar-refractivity contribution in [1.82, 2.24) is 20.2 Å². The van der Waals surface area contributed by atoms with E-state index in [1.807, 2.05) is 14.0 Å². The molecule has 2 aliphatic heterocycles. The molecule has 0 aliphatic carbocycles. The van der Waals surface area contributed by atoms with Gasteiger partial charge in [0.2, 0.25) is 5.91 Å². The van der Waals surface area contributed by atoms with Gasteiger partial charge < -0.3 is 9.64 Å². The van der Waals surface area contributed by atoms with Crippen molar-refractivity contribution >= 4 is 5.91 Å². The molecule has 6 nitrogen and oxygen atoms in total. The number of halogens is 1. The molecule has 27 heavy (non-hydrogen) atoms. The molecule has 2 atom stereocenters. The number of benzene rings is 1. The number of nitrogens with zero attached hydrogens (tertiary/aromatic N) is 3. The third kappa shape index (κ3) is 3.16. The number of rotatable bonds is 4. The van der Waals surface area contributed by atoms with Crippen molar-refractivity contribution in [3.05, 3.63) is 42.1 Å². The molecule has 142 valence electrons. The lowest BCUT2D eigenvalue weighted by atomic mass is 9.96. The van der Waals surface area contributed by atoms with Crippen molar-refractivity contribution in [3.8, 4) is 17.0 Å². The second kappa shape index (κ2) is 6.88. The second-order valence-electron chi connectivity index (χ2n) is 7.17. The van der Waals surface area contributed by atoms with Crippen molar-refractivity contribution in [1.29, 1.82) is 0 Å². The fourth-order valence-electron chi connectivity index (χ4n) is 4.01. The van der Waals surface area contributed by atoms with Crippen molar-refractivity contribution in [3.63, 3.8) is 0 Å². The van der Waals surface area contributed by atoms with Gasteiger partial charge in [0.15, 0.2) is 0 Å². The number of aromatic nitrogens is 2. The van der Waals surface area contributed by atoms with Gasteiger partial charge in [0.05, 0.1) is 18.3 Å². The van der Waals surface area contributed by atoms with Crippen LogP contribution in [0.4, 0.5) is 4.39 Å². The van der Waals surface area contributed by atoms with Crippen LogP contribution in [0.25, 0.3) is 11.3 Å². The van der Waals surface area contributed by atoms with E-state index in [1.54, 1.807) is 29.3 Å². The van der Waals surface area contributed by atoms with E-state index < -0.39 is 5.54 Å². The Labute approximate surface area is 157 Å². The van der Waals surface area contributed by atoms with Crippen LogP contribution in [0.3, 0.4) is 0 Å². The van der Waals surface area contributed by atoms with E-state index in [2.05, 4.69) is 15.3 Å². The van der Waals surface area contributed by atoms with Crippen LogP contribution >= 0.6 is 0 Å². The minimum absolute atomic E-state index is 0.112. The van der Waals surface area contributed by atoms with Crippen LogP contribution in [0.15, 0.2) is 30.5 Å². The van der Waals surface area contributed by atoms with Crippen molar-refractivity contribution in [2.45, 2.75) is 37.8 Å². The van der Waals surface area contributed by atoms with E-state index in [1.165, 1.54) is 6.07 Å². The van der Waals surface area contributed by atoms with Gasteiger partial charge in [0.25, 0.3) is 0 Å². The van der Waals surface area contributed by atoms with Crippen molar-refractivity contribution in [2.24, 2.45) is 0 Å². The number of hydrogen-bond donors (Lipinski definition) is 1. The number of carbonyl (C=O) groups is 1. The molecule has 2 fully saturated rings. The first-order valence-corrected chi connectivity index (χ1v) is 9.31. The Kier molecular flexibility index (Phi) is 4.55. The number of amides is 1. The Morgan fingerprint density at radius 2 is 2.22 bits per heavy atom. The van der Waals surface area contributed by atoms with Crippen molar-refractivity contribution < 1.29 is 13.9 Å². The second-order valence-corrected chi connectivity index (χ2v) is 7.17. The highest BCUT2D eigenvalue weighted by Crippen LogP contribution is 2.38. The van der Waals surface area contributed by atoms with E-state index in [-0.39, 0.29) is 17.8 Å². The summed E-state index contributed by atoms with van der Waals surface area (Å²) in [6.07, 6.45) is 3.98. The molecular formula is C20H23FN4O2. The molecule has 1 aromatic heterocycles. The van der Waals surface area contributed by atoms with Gasteiger partial charge >= 0.3 is 0 Å². The first-order valence-electron chi connectivity index (χ1n) is 9.31. The lowest BCUT2D eigenvalue weighted by molar-refractivity contribution is -0.131. The summed E-state index contributed by atoms with van der Waals surface area (Å²) < 4.78 is 19.8. The third-order valence-electron chi connectivity index (χ3n) is 5.45. The first-order chi connectivity index (χ1) is 13.0. The summed E-state index contributed by atoms with van der Waals surface area (Å²) in [6, 6.07) is 6.23. The summed E-state index contributed by atoms with van der Waals surface area (Å²) in [5.41, 5.74) is 0.393. The third-order valence-corrected chi connectivity index (χ3v) is 5.45. The SMILES string of the molecule is CCOc1ccc(F)c(-c2ccnc(C3CC[C@]4(CCN(C)C4=O)N3)n2)c1. The normalized spacial score (nSPS) is 24.8. The van der Waals surface area contributed by atoms with Gasteiger partial charge in [-0.05, 0) is 50.5 Å². The molecule has 2 aromatic rings. The lowest BCUT2D eigenvalue weighted by Crippen LogP contribution is -2.47. The molecule has 1 unspecified atom stereocenters. The van der Waals surface area contributed by atoms with Gasteiger partial charge in [0, 0.05) is 25.4 Å². The lowest BCUT2D eigenvalue weighted by Gasteiger charge is -2.23. The van der Waals surface area contributed by atoms with E-state index in [9.17, 15) is 9.18 Å². The molecule has 0 saturated carbocycles. The van der Waals surface area contributed by atoms with Crippen LogP contribution < -0.4 is 10.1 Å². The number of likely N-dealkylation sites (tertiary alicyclic amines) is 1. The Balaban J connectivity index is 1.61. The van der Waals surface area contributed by atoms with Crippen LogP contribution in [-0.4, -0.2) is 46.5 Å². The van der Waals surface area contributed by atoms with Crippen molar-refractivity contribution in [2.75, 3.05) is 20.2 Å². The van der Waals surface area contributed by atoms with Gasteiger partial charge in [-0.15, -0.1) is 0 Å². The highest BCUT2D eigenvalue weighted by molar-refractivity contribution is 5.88. The fraction of sp³-hybridized carbons (Fsp3) is 0.450. The number of likely N-dealkylation sites (N-methyl/N-ethyl adjacent to an activating group) is 1. The summed E-state index contributed by atoms with van der Waals surface area (Å²) in [6.45, 7) is 3.15. The molecule has 1 aromatic carbocycles. The average Bonchev–Trinajstić information content (AvgIpc) is 3.24. The van der Waals surface area contributed by atoms with E-state index in [4.69, 9.17) is 4.74 Å². The molecular weight excluding hydrogens is 347 g/mol. The van der Waals surface area contributed by atoms with Gasteiger partial charge in [-0.3, -0.25) is 10.1 Å². The number of hydrogen-bond acceptors (Lipinski definition) is 5. The predicted molar refractivity (Wildman–Crippen MR) is 98.7 cm³/mol.